The van der Waals surface area contributed by atoms with Gasteiger partial charge in [0.2, 0.25) is 5.91 Å². The molecule has 0 saturated carbocycles. The summed E-state index contributed by atoms with van der Waals surface area (Å²) < 4.78 is 11.4. The summed E-state index contributed by atoms with van der Waals surface area (Å²) in [5.74, 6) is -0.730. The van der Waals surface area contributed by atoms with E-state index in [0.717, 1.165) is 17.2 Å². The van der Waals surface area contributed by atoms with E-state index in [1.165, 1.54) is 26.0 Å². The molecule has 2 aromatic heterocycles. The third-order valence-electron chi connectivity index (χ3n) is 3.84. The van der Waals surface area contributed by atoms with Crippen molar-refractivity contribution in [3.63, 3.8) is 0 Å². The molecular formula is C17H22N4O5S2. The molecule has 28 heavy (non-hydrogen) atoms. The Labute approximate surface area is 170 Å². The minimum atomic E-state index is -0.637. The van der Waals surface area contributed by atoms with Crippen molar-refractivity contribution in [2.45, 2.75) is 38.9 Å². The molecule has 2 aromatic rings. The Kier molecular flexibility index (Phi) is 7.19. The van der Waals surface area contributed by atoms with Crippen molar-refractivity contribution in [1.82, 2.24) is 14.8 Å². The van der Waals surface area contributed by atoms with E-state index in [9.17, 15) is 14.4 Å². The fraction of sp³-hybridized carbons (Fsp3) is 0.471. The van der Waals surface area contributed by atoms with E-state index in [1.807, 2.05) is 25.3 Å². The van der Waals surface area contributed by atoms with Gasteiger partial charge in [0.1, 0.15) is 15.7 Å². The first kappa shape index (κ1) is 21.9. The molecule has 0 spiro atoms. The summed E-state index contributed by atoms with van der Waals surface area (Å²) in [6, 6.07) is 0.161. The maximum absolute atomic E-state index is 12.4. The lowest BCUT2D eigenvalue weighted by atomic mass is 10.1. The summed E-state index contributed by atoms with van der Waals surface area (Å²) in [6.45, 7) is 7.47. The van der Waals surface area contributed by atoms with Gasteiger partial charge in [-0.05, 0) is 33.3 Å². The second-order valence-corrected chi connectivity index (χ2v) is 8.04. The van der Waals surface area contributed by atoms with Gasteiger partial charge in [-0.25, -0.2) is 9.59 Å². The highest BCUT2D eigenvalue weighted by Crippen LogP contribution is 2.34. The first-order valence-electron chi connectivity index (χ1n) is 8.35. The Morgan fingerprint density at radius 2 is 1.79 bits per heavy atom. The van der Waals surface area contributed by atoms with E-state index in [0.29, 0.717) is 10.7 Å². The van der Waals surface area contributed by atoms with E-state index in [4.69, 9.17) is 9.47 Å². The summed E-state index contributed by atoms with van der Waals surface area (Å²) in [7, 11) is 2.49. The highest BCUT2D eigenvalue weighted by atomic mass is 32.2. The Morgan fingerprint density at radius 3 is 2.36 bits per heavy atom. The number of rotatable bonds is 7. The van der Waals surface area contributed by atoms with Crippen molar-refractivity contribution in [2.75, 3.05) is 25.3 Å². The lowest BCUT2D eigenvalue weighted by molar-refractivity contribution is -0.113. The molecule has 0 aliphatic heterocycles. The SMILES string of the molecule is COC(=O)c1sc(NC(=O)CSc2nnc(C)n2C(C)C)c(C(=O)OC)c1C. The summed E-state index contributed by atoms with van der Waals surface area (Å²) in [5.41, 5.74) is 0.550. The number of thiophene rings is 1. The van der Waals surface area contributed by atoms with Crippen LogP contribution in [-0.2, 0) is 14.3 Å². The highest BCUT2D eigenvalue weighted by molar-refractivity contribution is 7.99. The van der Waals surface area contributed by atoms with E-state index in [1.54, 1.807) is 6.92 Å². The fourth-order valence-electron chi connectivity index (χ4n) is 2.57. The van der Waals surface area contributed by atoms with Gasteiger partial charge in [0.05, 0.1) is 25.5 Å². The lowest BCUT2D eigenvalue weighted by Gasteiger charge is -2.11. The van der Waals surface area contributed by atoms with Crippen LogP contribution in [0.25, 0.3) is 0 Å². The van der Waals surface area contributed by atoms with Gasteiger partial charge in [-0.1, -0.05) is 11.8 Å². The molecule has 0 bridgehead atoms. The number of ether oxygens (including phenoxy) is 2. The minimum Gasteiger partial charge on any atom is -0.465 e. The van der Waals surface area contributed by atoms with Gasteiger partial charge >= 0.3 is 11.9 Å². The summed E-state index contributed by atoms with van der Waals surface area (Å²) in [5, 5.41) is 11.7. The van der Waals surface area contributed by atoms with E-state index >= 15 is 0 Å². The third-order valence-corrected chi connectivity index (χ3v) is 5.97. The van der Waals surface area contributed by atoms with Crippen molar-refractivity contribution in [3.05, 3.63) is 21.8 Å². The molecule has 0 aliphatic carbocycles. The Bertz CT molecular complexity index is 904. The van der Waals surface area contributed by atoms with Crippen LogP contribution in [0.1, 0.15) is 51.3 Å². The maximum atomic E-state index is 12.4. The molecular weight excluding hydrogens is 404 g/mol. The monoisotopic (exact) mass is 426 g/mol. The average Bonchev–Trinajstić information content (AvgIpc) is 3.18. The second kappa shape index (κ2) is 9.20. The van der Waals surface area contributed by atoms with Crippen molar-refractivity contribution in [2.24, 2.45) is 0 Å². The quantitative estimate of drug-likeness (QED) is 0.531. The van der Waals surface area contributed by atoms with E-state index < -0.39 is 11.9 Å². The molecule has 9 nitrogen and oxygen atoms in total. The van der Waals surface area contributed by atoms with Crippen molar-refractivity contribution in [1.29, 1.82) is 0 Å². The zero-order chi connectivity index (χ0) is 21.0. The number of hydrogen-bond acceptors (Lipinski definition) is 9. The van der Waals surface area contributed by atoms with E-state index in [2.05, 4.69) is 15.5 Å². The molecule has 1 amide bonds. The molecule has 2 rings (SSSR count). The summed E-state index contributed by atoms with van der Waals surface area (Å²) >= 11 is 2.21. The normalized spacial score (nSPS) is 10.8. The van der Waals surface area contributed by atoms with Gasteiger partial charge < -0.3 is 19.4 Å². The largest absolute Gasteiger partial charge is 0.465 e. The molecule has 0 atom stereocenters. The number of carbonyl (C=O) groups is 3. The number of esters is 2. The average molecular weight is 427 g/mol. The van der Waals surface area contributed by atoms with Crippen LogP contribution in [0.15, 0.2) is 5.16 Å². The number of anilines is 1. The van der Waals surface area contributed by atoms with Crippen LogP contribution < -0.4 is 5.32 Å². The van der Waals surface area contributed by atoms with Gasteiger partial charge in [0.25, 0.3) is 0 Å². The number of hydrogen-bond donors (Lipinski definition) is 1. The summed E-state index contributed by atoms with van der Waals surface area (Å²) in [4.78, 5) is 36.7. The molecule has 0 radical (unpaired) electrons. The van der Waals surface area contributed by atoms with Crippen LogP contribution >= 0.6 is 23.1 Å². The highest BCUT2D eigenvalue weighted by Gasteiger charge is 2.27. The molecule has 152 valence electrons. The fourth-order valence-corrected chi connectivity index (χ4v) is 4.61. The number of methoxy groups -OCH3 is 2. The Hall–Kier alpha value is -2.40. The standard InChI is InChI=1S/C17H22N4O5S2/c1-8(2)21-10(4)19-20-17(21)27-7-11(22)18-14-12(15(23)25-5)9(3)13(28-14)16(24)26-6/h8H,7H2,1-6H3,(H,18,22). The first-order chi connectivity index (χ1) is 13.2. The molecule has 0 aromatic carbocycles. The molecule has 2 heterocycles. The molecule has 1 N–H and O–H groups in total. The molecule has 0 unspecified atom stereocenters. The van der Waals surface area contributed by atoms with Crippen molar-refractivity contribution in [3.8, 4) is 0 Å². The zero-order valence-corrected chi connectivity index (χ0v) is 18.1. The van der Waals surface area contributed by atoms with Crippen molar-refractivity contribution < 1.29 is 23.9 Å². The van der Waals surface area contributed by atoms with Crippen LogP contribution in [0.2, 0.25) is 0 Å². The minimum absolute atomic E-state index is 0.0654. The van der Waals surface area contributed by atoms with E-state index in [-0.39, 0.29) is 33.1 Å². The molecule has 0 fully saturated rings. The smallest absolute Gasteiger partial charge is 0.348 e. The molecule has 11 heteroatoms. The van der Waals surface area contributed by atoms with Crippen LogP contribution in [-0.4, -0.2) is 52.6 Å². The van der Waals surface area contributed by atoms with Gasteiger partial charge in [0, 0.05) is 6.04 Å². The molecule has 0 saturated heterocycles. The van der Waals surface area contributed by atoms with Gasteiger partial charge in [-0.15, -0.1) is 21.5 Å². The Morgan fingerprint density at radius 1 is 1.14 bits per heavy atom. The number of carbonyl (C=O) groups excluding carboxylic acids is 3. The van der Waals surface area contributed by atoms with Crippen LogP contribution in [0, 0.1) is 13.8 Å². The first-order valence-corrected chi connectivity index (χ1v) is 10.2. The third kappa shape index (κ3) is 4.53. The predicted molar refractivity (Wildman–Crippen MR) is 106 cm³/mol. The Balaban J connectivity index is 2.19. The predicted octanol–water partition coefficient (Wildman–Crippen LogP) is 2.84. The number of amides is 1. The number of thioether (sulfide) groups is 1. The number of nitrogens with zero attached hydrogens (tertiary/aromatic N) is 3. The van der Waals surface area contributed by atoms with Gasteiger partial charge in [-0.2, -0.15) is 0 Å². The zero-order valence-electron chi connectivity index (χ0n) is 16.5. The second-order valence-electron chi connectivity index (χ2n) is 6.07. The lowest BCUT2D eigenvalue weighted by Crippen LogP contribution is -2.16. The number of aryl methyl sites for hydroxylation is 1. The van der Waals surface area contributed by atoms with Crippen LogP contribution in [0.3, 0.4) is 0 Å². The number of nitrogens with one attached hydrogen (secondary N) is 1. The van der Waals surface area contributed by atoms with Crippen LogP contribution in [0.5, 0.6) is 0 Å². The maximum Gasteiger partial charge on any atom is 0.348 e. The molecule has 0 aliphatic rings. The van der Waals surface area contributed by atoms with Gasteiger partial charge in [-0.3, -0.25) is 4.79 Å². The number of aromatic nitrogens is 3. The summed E-state index contributed by atoms with van der Waals surface area (Å²) in [6.07, 6.45) is 0. The van der Waals surface area contributed by atoms with Gasteiger partial charge in [0.15, 0.2) is 5.16 Å². The van der Waals surface area contributed by atoms with Crippen LogP contribution in [0.4, 0.5) is 5.00 Å². The van der Waals surface area contributed by atoms with Crippen molar-refractivity contribution >= 4 is 45.9 Å². The topological polar surface area (TPSA) is 112 Å².